The van der Waals surface area contributed by atoms with Gasteiger partial charge in [0.25, 0.3) is 0 Å². The summed E-state index contributed by atoms with van der Waals surface area (Å²) in [7, 11) is 2.19. The summed E-state index contributed by atoms with van der Waals surface area (Å²) in [6.45, 7) is 8.35. The summed E-state index contributed by atoms with van der Waals surface area (Å²) < 4.78 is 0. The molecule has 0 bridgehead atoms. The first-order valence-electron chi connectivity index (χ1n) is 5.94. The fraction of sp³-hybridized carbons (Fsp3) is 1.00. The number of hydrogen-bond donors (Lipinski definition) is 2. The summed E-state index contributed by atoms with van der Waals surface area (Å²) in [5.74, 6) is 0. The van der Waals surface area contributed by atoms with Crippen LogP contribution in [0.4, 0.5) is 0 Å². The SMILES string of the molecule is CC1CN(C2CNCC2O)CC(C)N1C. The number of likely N-dealkylation sites (N-methyl/N-ethyl adjacent to an activating group) is 1. The highest BCUT2D eigenvalue weighted by Gasteiger charge is 2.36. The van der Waals surface area contributed by atoms with Gasteiger partial charge in [0.05, 0.1) is 6.10 Å². The number of hydrogen-bond acceptors (Lipinski definition) is 4. The minimum atomic E-state index is -0.187. The summed E-state index contributed by atoms with van der Waals surface area (Å²) >= 11 is 0. The Balaban J connectivity index is 1.99. The Morgan fingerprint density at radius 1 is 1.13 bits per heavy atom. The second-order valence-corrected chi connectivity index (χ2v) is 5.11. The molecule has 2 saturated heterocycles. The van der Waals surface area contributed by atoms with Crippen LogP contribution in [0.1, 0.15) is 13.8 Å². The molecule has 4 unspecified atom stereocenters. The number of nitrogens with one attached hydrogen (secondary N) is 1. The summed E-state index contributed by atoms with van der Waals surface area (Å²) in [6, 6.07) is 1.49. The number of aliphatic hydroxyl groups is 1. The zero-order valence-electron chi connectivity index (χ0n) is 9.98. The normalized spacial score (nSPS) is 44.8. The van der Waals surface area contributed by atoms with Crippen LogP contribution >= 0.6 is 0 Å². The smallest absolute Gasteiger partial charge is 0.0831 e. The molecule has 0 amide bonds. The number of nitrogens with zero attached hydrogens (tertiary/aromatic N) is 2. The molecule has 88 valence electrons. The highest BCUT2D eigenvalue weighted by atomic mass is 16.3. The second-order valence-electron chi connectivity index (χ2n) is 5.11. The van der Waals surface area contributed by atoms with Crippen LogP contribution in [-0.4, -0.2) is 72.4 Å². The van der Waals surface area contributed by atoms with Crippen LogP contribution in [0, 0.1) is 0 Å². The molecule has 4 nitrogen and oxygen atoms in total. The Bertz CT molecular complexity index is 212. The monoisotopic (exact) mass is 213 g/mol. The molecule has 0 aromatic heterocycles. The van der Waals surface area contributed by atoms with E-state index in [4.69, 9.17) is 0 Å². The Kier molecular flexibility index (Phi) is 3.30. The third kappa shape index (κ3) is 2.18. The third-order valence-electron chi connectivity index (χ3n) is 4.01. The van der Waals surface area contributed by atoms with Crippen molar-refractivity contribution in [2.75, 3.05) is 33.2 Å². The van der Waals surface area contributed by atoms with Gasteiger partial charge in [-0.2, -0.15) is 0 Å². The van der Waals surface area contributed by atoms with Gasteiger partial charge >= 0.3 is 0 Å². The third-order valence-corrected chi connectivity index (χ3v) is 4.01. The fourth-order valence-electron chi connectivity index (χ4n) is 2.74. The highest BCUT2D eigenvalue weighted by Crippen LogP contribution is 2.18. The minimum Gasteiger partial charge on any atom is -0.390 e. The standard InChI is InChI=1S/C11H23N3O/c1-8-6-14(7-9(2)13(8)3)10-4-12-5-11(10)15/h8-12,15H,4-7H2,1-3H3. The molecular weight excluding hydrogens is 190 g/mol. The summed E-state index contributed by atoms with van der Waals surface area (Å²) in [6.07, 6.45) is -0.187. The van der Waals surface area contributed by atoms with E-state index < -0.39 is 0 Å². The molecule has 0 spiro atoms. The van der Waals surface area contributed by atoms with Gasteiger partial charge in [0.2, 0.25) is 0 Å². The van der Waals surface area contributed by atoms with Crippen LogP contribution in [-0.2, 0) is 0 Å². The van der Waals surface area contributed by atoms with Gasteiger partial charge in [-0.05, 0) is 20.9 Å². The molecule has 2 fully saturated rings. The lowest BCUT2D eigenvalue weighted by Gasteiger charge is -2.45. The maximum absolute atomic E-state index is 9.86. The van der Waals surface area contributed by atoms with Gasteiger partial charge < -0.3 is 10.4 Å². The quantitative estimate of drug-likeness (QED) is 0.607. The van der Waals surface area contributed by atoms with Crippen molar-refractivity contribution in [3.8, 4) is 0 Å². The molecule has 4 heteroatoms. The average Bonchev–Trinajstić information content (AvgIpc) is 2.60. The predicted octanol–water partition coefficient (Wildman–Crippen LogP) is -0.656. The maximum atomic E-state index is 9.86. The lowest BCUT2D eigenvalue weighted by molar-refractivity contribution is 0.00459. The molecule has 2 N–H and O–H groups in total. The van der Waals surface area contributed by atoms with Crippen molar-refractivity contribution in [3.63, 3.8) is 0 Å². The molecule has 0 aromatic rings. The molecule has 15 heavy (non-hydrogen) atoms. The zero-order chi connectivity index (χ0) is 11.0. The molecule has 0 aromatic carbocycles. The van der Waals surface area contributed by atoms with Gasteiger partial charge in [-0.15, -0.1) is 0 Å². The molecule has 2 aliphatic heterocycles. The van der Waals surface area contributed by atoms with E-state index in [2.05, 4.69) is 36.0 Å². The fourth-order valence-corrected chi connectivity index (χ4v) is 2.74. The first-order chi connectivity index (χ1) is 7.09. The average molecular weight is 213 g/mol. The summed E-state index contributed by atoms with van der Waals surface area (Å²) in [4.78, 5) is 4.87. The summed E-state index contributed by atoms with van der Waals surface area (Å²) in [5.41, 5.74) is 0. The van der Waals surface area contributed by atoms with Crippen molar-refractivity contribution in [1.29, 1.82) is 0 Å². The minimum absolute atomic E-state index is 0.187. The van der Waals surface area contributed by atoms with Gasteiger partial charge in [0, 0.05) is 44.3 Å². The molecule has 0 saturated carbocycles. The number of piperazine rings is 1. The number of β-amino-alcohol motifs (C(OH)–C–C–N with tert-alkyl or cyclic N) is 1. The van der Waals surface area contributed by atoms with E-state index in [9.17, 15) is 5.11 Å². The highest BCUT2D eigenvalue weighted by molar-refractivity contribution is 4.93. The van der Waals surface area contributed by atoms with Gasteiger partial charge in [0.1, 0.15) is 0 Å². The van der Waals surface area contributed by atoms with E-state index in [0.29, 0.717) is 18.1 Å². The Hall–Kier alpha value is -0.160. The van der Waals surface area contributed by atoms with Crippen LogP contribution in [0.5, 0.6) is 0 Å². The molecule has 2 rings (SSSR count). The van der Waals surface area contributed by atoms with E-state index in [1.54, 1.807) is 0 Å². The lowest BCUT2D eigenvalue weighted by Crippen LogP contribution is -2.59. The molecular formula is C11H23N3O. The molecule has 2 aliphatic rings. The summed E-state index contributed by atoms with van der Waals surface area (Å²) in [5, 5.41) is 13.1. The van der Waals surface area contributed by atoms with Crippen LogP contribution in [0.15, 0.2) is 0 Å². The molecule has 2 heterocycles. The number of rotatable bonds is 1. The van der Waals surface area contributed by atoms with Crippen molar-refractivity contribution >= 4 is 0 Å². The van der Waals surface area contributed by atoms with E-state index >= 15 is 0 Å². The Morgan fingerprint density at radius 3 is 2.20 bits per heavy atom. The van der Waals surface area contributed by atoms with E-state index in [1.807, 2.05) is 0 Å². The predicted molar refractivity (Wildman–Crippen MR) is 60.9 cm³/mol. The van der Waals surface area contributed by atoms with Crippen molar-refractivity contribution in [1.82, 2.24) is 15.1 Å². The van der Waals surface area contributed by atoms with E-state index in [0.717, 1.165) is 26.2 Å². The van der Waals surface area contributed by atoms with Crippen LogP contribution in [0.25, 0.3) is 0 Å². The second kappa shape index (κ2) is 4.37. The van der Waals surface area contributed by atoms with Crippen molar-refractivity contribution in [3.05, 3.63) is 0 Å². The largest absolute Gasteiger partial charge is 0.390 e. The van der Waals surface area contributed by atoms with Crippen LogP contribution in [0.2, 0.25) is 0 Å². The molecule has 4 atom stereocenters. The molecule has 0 radical (unpaired) electrons. The Labute approximate surface area is 92.2 Å². The topological polar surface area (TPSA) is 38.7 Å². The zero-order valence-corrected chi connectivity index (χ0v) is 9.98. The van der Waals surface area contributed by atoms with Gasteiger partial charge in [-0.25, -0.2) is 0 Å². The first-order valence-corrected chi connectivity index (χ1v) is 5.94. The number of aliphatic hydroxyl groups excluding tert-OH is 1. The molecule has 0 aliphatic carbocycles. The van der Waals surface area contributed by atoms with Crippen LogP contribution < -0.4 is 5.32 Å². The van der Waals surface area contributed by atoms with E-state index in [1.165, 1.54) is 0 Å². The lowest BCUT2D eigenvalue weighted by atomic mass is 10.1. The maximum Gasteiger partial charge on any atom is 0.0831 e. The van der Waals surface area contributed by atoms with Crippen LogP contribution in [0.3, 0.4) is 0 Å². The van der Waals surface area contributed by atoms with Gasteiger partial charge in [0.15, 0.2) is 0 Å². The van der Waals surface area contributed by atoms with Crippen molar-refractivity contribution in [2.24, 2.45) is 0 Å². The van der Waals surface area contributed by atoms with Crippen molar-refractivity contribution < 1.29 is 5.11 Å². The van der Waals surface area contributed by atoms with Crippen molar-refractivity contribution in [2.45, 2.75) is 38.1 Å². The Morgan fingerprint density at radius 2 is 1.73 bits per heavy atom. The van der Waals surface area contributed by atoms with Gasteiger partial charge in [-0.3, -0.25) is 9.80 Å². The first kappa shape index (κ1) is 11.3. The van der Waals surface area contributed by atoms with E-state index in [-0.39, 0.29) is 6.10 Å². The van der Waals surface area contributed by atoms with Gasteiger partial charge in [-0.1, -0.05) is 0 Å².